The van der Waals surface area contributed by atoms with Gasteiger partial charge in [-0.1, -0.05) is 64.1 Å². The maximum absolute atomic E-state index is 5.74. The molecule has 2 unspecified atom stereocenters. The smallest absolute Gasteiger partial charge is 1.00 e. The van der Waals surface area contributed by atoms with Gasteiger partial charge in [-0.25, -0.2) is 12.2 Å². The number of hydrogen-bond donors (Lipinski definition) is 0. The van der Waals surface area contributed by atoms with E-state index in [4.69, 9.17) is 8.83 Å². The van der Waals surface area contributed by atoms with Crippen molar-refractivity contribution < 1.29 is 59.9 Å². The van der Waals surface area contributed by atoms with Crippen molar-refractivity contribution in [2.45, 2.75) is 65.2 Å². The van der Waals surface area contributed by atoms with Gasteiger partial charge in [-0.3, -0.25) is 12.2 Å². The Balaban J connectivity index is 0.000000254. The second-order valence-corrected chi connectivity index (χ2v) is 10.4. The summed E-state index contributed by atoms with van der Waals surface area (Å²) in [5.74, 6) is 5.29. The molecule has 0 spiro atoms. The van der Waals surface area contributed by atoms with Gasteiger partial charge in [-0.15, -0.1) is 22.3 Å². The van der Waals surface area contributed by atoms with Crippen molar-refractivity contribution in [2.75, 3.05) is 0 Å². The molecule has 0 N–H and O–H groups in total. The summed E-state index contributed by atoms with van der Waals surface area (Å²) in [5, 5.41) is 0. The molecule has 0 amide bonds. The fourth-order valence-corrected chi connectivity index (χ4v) is 5.25. The van der Waals surface area contributed by atoms with Gasteiger partial charge in [-0.2, -0.15) is 11.1 Å². The van der Waals surface area contributed by atoms with Gasteiger partial charge >= 0.3 is 26.2 Å². The number of halogens is 2. The maximum atomic E-state index is 5.74. The first-order chi connectivity index (χ1) is 17.3. The van der Waals surface area contributed by atoms with Gasteiger partial charge < -0.3 is 33.6 Å². The molecule has 2 heterocycles. The number of hydrogen-bond acceptors (Lipinski definition) is 2. The van der Waals surface area contributed by atoms with Crippen LogP contribution in [0.15, 0.2) is 69.5 Å². The van der Waals surface area contributed by atoms with Crippen molar-refractivity contribution in [3.8, 4) is 0 Å². The van der Waals surface area contributed by atoms with E-state index in [9.17, 15) is 0 Å². The summed E-state index contributed by atoms with van der Waals surface area (Å²) in [6.45, 7) is 12.9. The van der Waals surface area contributed by atoms with Crippen molar-refractivity contribution in [3.05, 3.63) is 129 Å². The van der Waals surface area contributed by atoms with Crippen molar-refractivity contribution in [2.24, 2.45) is 0 Å². The minimum Gasteiger partial charge on any atom is -1.00 e. The zero-order valence-electron chi connectivity index (χ0n) is 23.3. The van der Waals surface area contributed by atoms with Crippen LogP contribution in [0.5, 0.6) is 0 Å². The fraction of sp³-hybridized carbons (Fsp3) is 0.294. The van der Waals surface area contributed by atoms with E-state index in [0.29, 0.717) is 11.8 Å². The third kappa shape index (κ3) is 6.82. The third-order valence-corrected chi connectivity index (χ3v) is 7.09. The average Bonchev–Trinajstić information content (AvgIpc) is 3.64. The van der Waals surface area contributed by atoms with Gasteiger partial charge in [0.2, 0.25) is 0 Å². The number of aryl methyl sites for hydroxylation is 2. The molecule has 0 fully saturated rings. The molecule has 39 heavy (non-hydrogen) atoms. The Morgan fingerprint density at radius 1 is 0.590 bits per heavy atom. The number of allylic oxidation sites excluding steroid dienone is 2. The van der Waals surface area contributed by atoms with E-state index in [1.165, 1.54) is 33.4 Å². The summed E-state index contributed by atoms with van der Waals surface area (Å²) in [6.07, 6.45) is 11.1. The van der Waals surface area contributed by atoms with Crippen molar-refractivity contribution in [1.29, 1.82) is 0 Å². The maximum Gasteiger partial charge on any atom is 4.00 e. The Morgan fingerprint density at radius 3 is 1.28 bits per heavy atom. The van der Waals surface area contributed by atoms with Gasteiger partial charge in [0.05, 0.1) is 11.5 Å². The minimum atomic E-state index is 0. The topological polar surface area (TPSA) is 26.3 Å². The molecule has 2 aliphatic rings. The third-order valence-electron chi connectivity index (χ3n) is 7.09. The van der Waals surface area contributed by atoms with Crippen LogP contribution in [0.25, 0.3) is 12.2 Å². The molecule has 2 aliphatic carbocycles. The van der Waals surface area contributed by atoms with Crippen LogP contribution in [0.3, 0.4) is 0 Å². The van der Waals surface area contributed by atoms with Crippen LogP contribution in [0, 0.1) is 26.0 Å². The first-order valence-corrected chi connectivity index (χ1v) is 12.9. The molecule has 0 saturated carbocycles. The summed E-state index contributed by atoms with van der Waals surface area (Å²) in [4.78, 5) is 0. The molecule has 2 atom stereocenters. The normalized spacial score (nSPS) is 16.1. The number of benzene rings is 2. The Hall–Kier alpha value is -2.06. The zero-order valence-corrected chi connectivity index (χ0v) is 27.3. The molecule has 6 rings (SSSR count). The van der Waals surface area contributed by atoms with Gasteiger partial charge in [0, 0.05) is 0 Å². The Labute approximate surface area is 264 Å². The molecule has 2 aromatic carbocycles. The van der Waals surface area contributed by atoms with Gasteiger partial charge in [0.1, 0.15) is 11.5 Å². The fourth-order valence-electron chi connectivity index (χ4n) is 5.25. The van der Waals surface area contributed by atoms with Crippen LogP contribution < -0.4 is 24.8 Å². The van der Waals surface area contributed by atoms with Crippen LogP contribution in [0.2, 0.25) is 0 Å². The molecule has 0 aliphatic heterocycles. The molecule has 0 radical (unpaired) electrons. The molecule has 5 heteroatoms. The molecular weight excluding hydrogens is 603 g/mol. The van der Waals surface area contributed by atoms with E-state index >= 15 is 0 Å². The largest absolute Gasteiger partial charge is 4.00 e. The predicted octanol–water partition coefficient (Wildman–Crippen LogP) is 3.35. The van der Waals surface area contributed by atoms with E-state index in [0.717, 1.165) is 23.0 Å². The van der Waals surface area contributed by atoms with E-state index < -0.39 is 0 Å². The summed E-state index contributed by atoms with van der Waals surface area (Å²) in [6, 6.07) is 21.2. The van der Waals surface area contributed by atoms with Crippen LogP contribution in [-0.2, 0) is 26.2 Å². The number of fused-ring (bicyclic) bond motifs is 2. The summed E-state index contributed by atoms with van der Waals surface area (Å²) in [5.41, 5.74) is 8.07. The van der Waals surface area contributed by atoms with E-state index in [-0.39, 0.29) is 62.9 Å². The Morgan fingerprint density at radius 2 is 0.974 bits per heavy atom. The SMILES string of the molecule is Cc1ccc(C2[C-]=Cc3c(C(C)C)cccc32)o1.Cc1ccc(C2[C-]=Cc3c(C(C)C)cccc32)o1.[Cl-].[Cl-].[Zr+4]. The molecule has 200 valence electrons. The van der Waals surface area contributed by atoms with Gasteiger partial charge in [0.15, 0.2) is 0 Å². The molecule has 0 bridgehead atoms. The number of rotatable bonds is 4. The van der Waals surface area contributed by atoms with Crippen molar-refractivity contribution >= 4 is 12.2 Å². The average molecular weight is 637 g/mol. The molecule has 0 saturated heterocycles. The van der Waals surface area contributed by atoms with Gasteiger partial charge in [-0.05, 0) is 61.8 Å². The second-order valence-electron chi connectivity index (χ2n) is 10.4. The first-order valence-electron chi connectivity index (χ1n) is 12.9. The standard InChI is InChI=1S/2C17H17O.2ClH.Zr/c2*1-11(2)13-5-4-6-14-15(13)8-9-16(14)17-10-7-12(3)18-17;;;/h2*4-8,10-11,16H,1-3H3;2*1H;/q2*-1;;;+4/p-2. The Bertz CT molecular complexity index is 1330. The van der Waals surface area contributed by atoms with E-state index in [2.05, 4.69) is 101 Å². The van der Waals surface area contributed by atoms with E-state index in [1.54, 1.807) is 0 Å². The Kier molecular flexibility index (Phi) is 11.9. The monoisotopic (exact) mass is 634 g/mol. The first kappa shape index (κ1) is 33.2. The second kappa shape index (κ2) is 14.0. The molecular formula is C34H34Cl2O2Zr. The van der Waals surface area contributed by atoms with Crippen LogP contribution in [0.4, 0.5) is 0 Å². The summed E-state index contributed by atoms with van der Waals surface area (Å²) >= 11 is 0. The minimum absolute atomic E-state index is 0. The molecule has 2 nitrogen and oxygen atoms in total. The van der Waals surface area contributed by atoms with Crippen LogP contribution in [-0.4, -0.2) is 0 Å². The number of furan rings is 2. The van der Waals surface area contributed by atoms with Crippen LogP contribution >= 0.6 is 0 Å². The summed E-state index contributed by atoms with van der Waals surface area (Å²) in [7, 11) is 0. The van der Waals surface area contributed by atoms with Crippen LogP contribution in [0.1, 0.15) is 108 Å². The predicted molar refractivity (Wildman–Crippen MR) is 147 cm³/mol. The van der Waals surface area contributed by atoms with Crippen molar-refractivity contribution in [3.63, 3.8) is 0 Å². The van der Waals surface area contributed by atoms with Crippen molar-refractivity contribution in [1.82, 2.24) is 0 Å². The quantitative estimate of drug-likeness (QED) is 0.322. The molecule has 4 aromatic rings. The van der Waals surface area contributed by atoms with Gasteiger partial charge in [0.25, 0.3) is 0 Å². The zero-order chi connectivity index (χ0) is 25.4. The molecule has 2 aromatic heterocycles. The summed E-state index contributed by atoms with van der Waals surface area (Å²) < 4.78 is 11.5. The van der Waals surface area contributed by atoms with E-state index in [1.807, 2.05) is 26.0 Å².